The van der Waals surface area contributed by atoms with E-state index in [-0.39, 0.29) is 0 Å². The van der Waals surface area contributed by atoms with Gasteiger partial charge in [0, 0.05) is 37.4 Å². The summed E-state index contributed by atoms with van der Waals surface area (Å²) >= 11 is 0. The average Bonchev–Trinajstić information content (AvgIpc) is 3.08. The van der Waals surface area contributed by atoms with Crippen molar-refractivity contribution in [3.8, 4) is 0 Å². The molecule has 0 aromatic carbocycles. The predicted octanol–water partition coefficient (Wildman–Crippen LogP) is 3.19. The largest absolute Gasteiger partial charge is 0.295 e. The first-order valence-electron chi connectivity index (χ1n) is 8.04. The Balaban J connectivity index is 1.54. The van der Waals surface area contributed by atoms with Crippen LogP contribution in [0.5, 0.6) is 0 Å². The highest BCUT2D eigenvalue weighted by Gasteiger charge is 2.42. The molecule has 2 fully saturated rings. The zero-order valence-corrected chi connectivity index (χ0v) is 11.9. The summed E-state index contributed by atoms with van der Waals surface area (Å²) in [4.78, 5) is 7.44. The van der Waals surface area contributed by atoms with E-state index < -0.39 is 0 Å². The van der Waals surface area contributed by atoms with Gasteiger partial charge in [0.1, 0.15) is 0 Å². The van der Waals surface area contributed by atoms with Crippen molar-refractivity contribution in [2.75, 3.05) is 6.54 Å². The van der Waals surface area contributed by atoms with Gasteiger partial charge in [-0.3, -0.25) is 9.88 Å². The summed E-state index contributed by atoms with van der Waals surface area (Å²) in [6, 6.07) is 3.29. The van der Waals surface area contributed by atoms with Crippen LogP contribution in [0.3, 0.4) is 0 Å². The number of rotatable bonds is 2. The number of hydrogen-bond acceptors (Lipinski definition) is 2. The molecule has 2 aliphatic carbocycles. The zero-order valence-electron chi connectivity index (χ0n) is 11.9. The van der Waals surface area contributed by atoms with Crippen molar-refractivity contribution in [2.24, 2.45) is 11.8 Å². The van der Waals surface area contributed by atoms with Crippen LogP contribution < -0.4 is 0 Å². The van der Waals surface area contributed by atoms with Crippen molar-refractivity contribution in [2.45, 2.75) is 58.0 Å². The molecule has 1 aliphatic heterocycles. The SMILES string of the molecule is CCc1cnc2c(c1)CN(C1CC3CCC1C3)CC2. The number of aryl methyl sites for hydroxylation is 1. The third-order valence-corrected chi connectivity index (χ3v) is 5.70. The van der Waals surface area contributed by atoms with E-state index in [4.69, 9.17) is 0 Å². The molecule has 102 valence electrons. The summed E-state index contributed by atoms with van der Waals surface area (Å²) in [6.07, 6.45) is 10.3. The van der Waals surface area contributed by atoms with E-state index in [1.807, 2.05) is 0 Å². The van der Waals surface area contributed by atoms with Gasteiger partial charge in [0.2, 0.25) is 0 Å². The summed E-state index contributed by atoms with van der Waals surface area (Å²) in [7, 11) is 0. The maximum Gasteiger partial charge on any atom is 0.0461 e. The standard InChI is InChI=1S/C17H24N2/c1-2-12-7-15-11-19(6-5-16(15)18-10-12)17-9-13-3-4-14(17)8-13/h7,10,13-14,17H,2-6,8-9,11H2,1H3. The summed E-state index contributed by atoms with van der Waals surface area (Å²) in [5.41, 5.74) is 4.26. The summed E-state index contributed by atoms with van der Waals surface area (Å²) in [5, 5.41) is 0. The van der Waals surface area contributed by atoms with Crippen molar-refractivity contribution in [1.82, 2.24) is 9.88 Å². The molecule has 4 rings (SSSR count). The molecule has 3 atom stereocenters. The van der Waals surface area contributed by atoms with Crippen LogP contribution in [-0.4, -0.2) is 22.5 Å². The highest BCUT2D eigenvalue weighted by Crippen LogP contribution is 2.47. The van der Waals surface area contributed by atoms with Gasteiger partial charge in [0.05, 0.1) is 0 Å². The van der Waals surface area contributed by atoms with Gasteiger partial charge >= 0.3 is 0 Å². The smallest absolute Gasteiger partial charge is 0.0461 e. The lowest BCUT2D eigenvalue weighted by Gasteiger charge is -2.37. The molecule has 19 heavy (non-hydrogen) atoms. The molecular weight excluding hydrogens is 232 g/mol. The number of pyridine rings is 1. The predicted molar refractivity (Wildman–Crippen MR) is 77.0 cm³/mol. The third-order valence-electron chi connectivity index (χ3n) is 5.70. The molecule has 3 aliphatic rings. The molecule has 3 unspecified atom stereocenters. The first kappa shape index (κ1) is 11.9. The van der Waals surface area contributed by atoms with E-state index in [0.29, 0.717) is 0 Å². The molecule has 0 spiro atoms. The lowest BCUT2D eigenvalue weighted by molar-refractivity contribution is 0.127. The fourth-order valence-electron chi connectivity index (χ4n) is 4.63. The molecule has 2 nitrogen and oxygen atoms in total. The minimum Gasteiger partial charge on any atom is -0.295 e. The van der Waals surface area contributed by atoms with E-state index in [2.05, 4.69) is 29.1 Å². The molecule has 0 amide bonds. The van der Waals surface area contributed by atoms with Crippen molar-refractivity contribution >= 4 is 0 Å². The molecule has 1 aromatic heterocycles. The van der Waals surface area contributed by atoms with Crippen molar-refractivity contribution in [3.05, 3.63) is 29.1 Å². The van der Waals surface area contributed by atoms with Crippen LogP contribution in [-0.2, 0) is 19.4 Å². The number of aromatic nitrogens is 1. The fourth-order valence-corrected chi connectivity index (χ4v) is 4.63. The maximum absolute atomic E-state index is 4.67. The summed E-state index contributed by atoms with van der Waals surface area (Å²) in [5.74, 6) is 2.06. The maximum atomic E-state index is 4.67. The first-order valence-corrected chi connectivity index (χ1v) is 8.04. The number of hydrogen-bond donors (Lipinski definition) is 0. The van der Waals surface area contributed by atoms with E-state index in [0.717, 1.165) is 37.3 Å². The minimum absolute atomic E-state index is 0.886. The van der Waals surface area contributed by atoms with E-state index >= 15 is 0 Å². The van der Waals surface area contributed by atoms with E-state index in [9.17, 15) is 0 Å². The quantitative estimate of drug-likeness (QED) is 0.808. The van der Waals surface area contributed by atoms with Crippen molar-refractivity contribution in [1.29, 1.82) is 0 Å². The number of nitrogens with zero attached hydrogens (tertiary/aromatic N) is 2. The molecule has 2 heteroatoms. The highest BCUT2D eigenvalue weighted by atomic mass is 15.2. The van der Waals surface area contributed by atoms with Crippen molar-refractivity contribution in [3.63, 3.8) is 0 Å². The summed E-state index contributed by atoms with van der Waals surface area (Å²) < 4.78 is 0. The van der Waals surface area contributed by atoms with E-state index in [1.165, 1.54) is 49.0 Å². The molecule has 2 heterocycles. The second kappa shape index (κ2) is 4.59. The molecule has 2 bridgehead atoms. The fraction of sp³-hybridized carbons (Fsp3) is 0.706. The highest BCUT2D eigenvalue weighted by molar-refractivity contribution is 5.27. The summed E-state index contributed by atoms with van der Waals surface area (Å²) in [6.45, 7) is 4.61. The Bertz CT molecular complexity index is 482. The number of fused-ring (bicyclic) bond motifs is 3. The Morgan fingerprint density at radius 2 is 2.26 bits per heavy atom. The molecular formula is C17H24N2. The van der Waals surface area contributed by atoms with Gasteiger partial charge in [0.15, 0.2) is 0 Å². The average molecular weight is 256 g/mol. The van der Waals surface area contributed by atoms with Crippen LogP contribution in [0, 0.1) is 11.8 Å². The third kappa shape index (κ3) is 2.01. The van der Waals surface area contributed by atoms with Crippen LogP contribution in [0.2, 0.25) is 0 Å². The second-order valence-electron chi connectivity index (χ2n) is 6.77. The van der Waals surface area contributed by atoms with Gasteiger partial charge in [-0.25, -0.2) is 0 Å². The Morgan fingerprint density at radius 1 is 1.32 bits per heavy atom. The Kier molecular flexibility index (Phi) is 2.87. The van der Waals surface area contributed by atoms with Crippen LogP contribution in [0.15, 0.2) is 12.3 Å². The van der Waals surface area contributed by atoms with Crippen LogP contribution in [0.1, 0.15) is 49.4 Å². The van der Waals surface area contributed by atoms with Gasteiger partial charge in [-0.05, 0) is 48.6 Å². The first-order chi connectivity index (χ1) is 9.33. The minimum atomic E-state index is 0.886. The topological polar surface area (TPSA) is 16.1 Å². The molecule has 0 saturated heterocycles. The molecule has 0 radical (unpaired) electrons. The van der Waals surface area contributed by atoms with Gasteiger partial charge in [0.25, 0.3) is 0 Å². The van der Waals surface area contributed by atoms with Crippen LogP contribution in [0.4, 0.5) is 0 Å². The molecule has 2 saturated carbocycles. The van der Waals surface area contributed by atoms with Gasteiger partial charge in [-0.15, -0.1) is 0 Å². The van der Waals surface area contributed by atoms with Crippen molar-refractivity contribution < 1.29 is 0 Å². The molecule has 1 aromatic rings. The Morgan fingerprint density at radius 3 is 3.00 bits per heavy atom. The zero-order chi connectivity index (χ0) is 12.8. The molecule has 0 N–H and O–H groups in total. The van der Waals surface area contributed by atoms with Crippen LogP contribution >= 0.6 is 0 Å². The monoisotopic (exact) mass is 256 g/mol. The Hall–Kier alpha value is -0.890. The van der Waals surface area contributed by atoms with Gasteiger partial charge in [-0.1, -0.05) is 19.4 Å². The van der Waals surface area contributed by atoms with Gasteiger partial charge < -0.3 is 0 Å². The lowest BCUT2D eigenvalue weighted by Crippen LogP contribution is -2.42. The Labute approximate surface area is 116 Å². The van der Waals surface area contributed by atoms with Gasteiger partial charge in [-0.2, -0.15) is 0 Å². The van der Waals surface area contributed by atoms with E-state index in [1.54, 1.807) is 0 Å². The normalized spacial score (nSPS) is 33.6. The van der Waals surface area contributed by atoms with Crippen LogP contribution in [0.25, 0.3) is 0 Å². The lowest BCUT2D eigenvalue weighted by atomic mass is 9.91. The second-order valence-corrected chi connectivity index (χ2v) is 6.77.